The zero-order chi connectivity index (χ0) is 27.4. The van der Waals surface area contributed by atoms with Crippen LogP contribution in [0.4, 0.5) is 11.8 Å². The molecule has 0 aliphatic carbocycles. The van der Waals surface area contributed by atoms with Gasteiger partial charge in [0.1, 0.15) is 17.5 Å². The van der Waals surface area contributed by atoms with Crippen LogP contribution in [0, 0.1) is 11.3 Å². The van der Waals surface area contributed by atoms with E-state index in [0.29, 0.717) is 61.7 Å². The number of nitriles is 1. The van der Waals surface area contributed by atoms with Crippen LogP contribution >= 0.6 is 0 Å². The average Bonchev–Trinajstić information content (AvgIpc) is 2.96. The molecule has 3 heterocycles. The second-order valence-corrected chi connectivity index (χ2v) is 9.39. The van der Waals surface area contributed by atoms with Gasteiger partial charge in [-0.05, 0) is 42.5 Å². The number of fused-ring (bicyclic) bond motifs is 1. The Labute approximate surface area is 225 Å². The number of carbonyl (C=O) groups excluding carboxylic acids is 1. The molecule has 2 aromatic carbocycles. The first kappa shape index (κ1) is 25.9. The van der Waals surface area contributed by atoms with Crippen molar-refractivity contribution in [2.45, 2.75) is 25.8 Å². The molecular weight excluding hydrogens is 494 g/mol. The molecule has 4 aromatic rings. The van der Waals surface area contributed by atoms with E-state index in [4.69, 9.17) is 10.5 Å². The van der Waals surface area contributed by atoms with Gasteiger partial charge in [-0.2, -0.15) is 10.2 Å². The summed E-state index contributed by atoms with van der Waals surface area (Å²) in [6.07, 6.45) is 2.14. The highest BCUT2D eigenvalue weighted by atomic mass is 16.5. The first-order valence-corrected chi connectivity index (χ1v) is 12.8. The van der Waals surface area contributed by atoms with Crippen molar-refractivity contribution in [1.82, 2.24) is 19.4 Å². The second kappa shape index (κ2) is 11.3. The molecule has 10 heteroatoms. The van der Waals surface area contributed by atoms with E-state index in [1.54, 1.807) is 4.57 Å². The number of hydrogen-bond donors (Lipinski definition) is 2. The van der Waals surface area contributed by atoms with Crippen LogP contribution in [0.15, 0.2) is 65.6 Å². The monoisotopic (exact) mass is 523 g/mol. The molecule has 3 N–H and O–H groups in total. The third-order valence-electron chi connectivity index (χ3n) is 6.87. The van der Waals surface area contributed by atoms with Gasteiger partial charge in [-0.3, -0.25) is 14.2 Å². The highest BCUT2D eigenvalue weighted by Crippen LogP contribution is 2.27. The Bertz CT molecular complexity index is 1610. The number of nitrogens with one attached hydrogen (secondary N) is 1. The summed E-state index contributed by atoms with van der Waals surface area (Å²) in [5.41, 5.74) is 8.05. The van der Waals surface area contributed by atoms with Crippen molar-refractivity contribution >= 4 is 28.4 Å². The third kappa shape index (κ3) is 5.44. The minimum atomic E-state index is -0.421. The van der Waals surface area contributed by atoms with Crippen molar-refractivity contribution in [3.63, 3.8) is 0 Å². The van der Waals surface area contributed by atoms with Crippen molar-refractivity contribution in [3.8, 4) is 11.8 Å². The maximum atomic E-state index is 14.2. The summed E-state index contributed by atoms with van der Waals surface area (Å²) in [6.45, 7) is 4.18. The molecule has 0 spiro atoms. The molecule has 5 rings (SSSR count). The number of pyridine rings is 1. The molecule has 1 aliphatic rings. The fourth-order valence-electron chi connectivity index (χ4n) is 4.90. The van der Waals surface area contributed by atoms with Crippen LogP contribution in [0.25, 0.3) is 16.5 Å². The number of benzene rings is 2. The highest BCUT2D eigenvalue weighted by molar-refractivity contribution is 5.86. The summed E-state index contributed by atoms with van der Waals surface area (Å²) in [4.78, 5) is 36.9. The molecular formula is C29H29N7O3. The van der Waals surface area contributed by atoms with Gasteiger partial charge in [0.25, 0.3) is 5.56 Å². The molecule has 0 radical (unpaired) electrons. The van der Waals surface area contributed by atoms with E-state index in [1.807, 2.05) is 66.4 Å². The van der Waals surface area contributed by atoms with E-state index in [0.717, 1.165) is 10.9 Å². The van der Waals surface area contributed by atoms with E-state index in [2.05, 4.69) is 21.4 Å². The van der Waals surface area contributed by atoms with E-state index < -0.39 is 6.04 Å². The average molecular weight is 524 g/mol. The quantitative estimate of drug-likeness (QED) is 0.377. The molecule has 1 amide bonds. The Morgan fingerprint density at radius 2 is 1.95 bits per heavy atom. The van der Waals surface area contributed by atoms with Gasteiger partial charge < -0.3 is 20.7 Å². The first-order chi connectivity index (χ1) is 19.0. The Kier molecular flexibility index (Phi) is 7.52. The molecule has 0 saturated carbocycles. The van der Waals surface area contributed by atoms with E-state index in [9.17, 15) is 14.9 Å². The minimum absolute atomic E-state index is 0.0407. The maximum Gasteiger partial charge on any atom is 0.263 e. The molecule has 2 aromatic heterocycles. The highest BCUT2D eigenvalue weighted by Gasteiger charge is 2.21. The number of ether oxygens (including phenoxy) is 1. The van der Waals surface area contributed by atoms with Crippen molar-refractivity contribution < 1.29 is 9.53 Å². The van der Waals surface area contributed by atoms with Crippen LogP contribution < -0.4 is 16.6 Å². The number of aryl methyl sites for hydroxylation is 1. The molecule has 1 saturated heterocycles. The van der Waals surface area contributed by atoms with Gasteiger partial charge in [-0.25, -0.2) is 4.98 Å². The van der Waals surface area contributed by atoms with Gasteiger partial charge in [-0.15, -0.1) is 0 Å². The summed E-state index contributed by atoms with van der Waals surface area (Å²) >= 11 is 0. The van der Waals surface area contributed by atoms with Gasteiger partial charge in [0.15, 0.2) is 0 Å². The number of amides is 1. The molecule has 39 heavy (non-hydrogen) atoms. The number of anilines is 2. The lowest BCUT2D eigenvalue weighted by atomic mass is 9.99. The van der Waals surface area contributed by atoms with Crippen LogP contribution in [-0.2, 0) is 16.0 Å². The summed E-state index contributed by atoms with van der Waals surface area (Å²) in [5.74, 6) is 0.393. The van der Waals surface area contributed by atoms with Gasteiger partial charge in [-0.1, -0.05) is 36.4 Å². The number of hydrogen-bond acceptors (Lipinski definition) is 8. The predicted octanol–water partition coefficient (Wildman–Crippen LogP) is 3.20. The third-order valence-corrected chi connectivity index (χ3v) is 6.87. The summed E-state index contributed by atoms with van der Waals surface area (Å²) < 4.78 is 7.03. The first-order valence-electron chi connectivity index (χ1n) is 12.8. The number of carbonyl (C=O) groups is 1. The number of aromatic nitrogens is 3. The number of nitrogen functional groups attached to an aromatic ring is 1. The lowest BCUT2D eigenvalue weighted by Gasteiger charge is -2.27. The number of nitrogens with two attached hydrogens (primary N) is 1. The fraction of sp³-hybridized carbons (Fsp3) is 0.276. The summed E-state index contributed by atoms with van der Waals surface area (Å²) in [5, 5.41) is 14.1. The van der Waals surface area contributed by atoms with Gasteiger partial charge >= 0.3 is 0 Å². The summed E-state index contributed by atoms with van der Waals surface area (Å²) in [6, 6.07) is 18.7. The standard InChI is InChI=1S/C29H29N7O3/c1-19(33-27-22(17-30)18-32-29(31)34-27)24-16-21-7-5-6-20(10-11-25(37)35-12-14-39-15-13-35)26(21)28(38)36(24)23-8-3-2-4-9-23/h2-9,16,18-19H,10-15H2,1H3,(H3,31,32,33,34)/t19-/m0/s1. The molecule has 0 unspecified atom stereocenters. The van der Waals surface area contributed by atoms with Crippen LogP contribution in [-0.4, -0.2) is 51.6 Å². The topological polar surface area (TPSA) is 139 Å². The number of para-hydroxylation sites is 1. The normalized spacial score (nSPS) is 14.1. The van der Waals surface area contributed by atoms with Crippen molar-refractivity contribution in [2.24, 2.45) is 0 Å². The lowest BCUT2D eigenvalue weighted by Crippen LogP contribution is -2.40. The fourth-order valence-corrected chi connectivity index (χ4v) is 4.90. The molecule has 198 valence electrons. The van der Waals surface area contributed by atoms with Crippen molar-refractivity contribution in [3.05, 3.63) is 88.0 Å². The summed E-state index contributed by atoms with van der Waals surface area (Å²) in [7, 11) is 0. The Hall–Kier alpha value is -4.75. The lowest BCUT2D eigenvalue weighted by molar-refractivity contribution is -0.135. The smallest absolute Gasteiger partial charge is 0.263 e. The Morgan fingerprint density at radius 1 is 1.18 bits per heavy atom. The van der Waals surface area contributed by atoms with Gasteiger partial charge in [0.2, 0.25) is 11.9 Å². The van der Waals surface area contributed by atoms with E-state index in [-0.39, 0.29) is 23.0 Å². The number of rotatable bonds is 7. The molecule has 1 aliphatic heterocycles. The largest absolute Gasteiger partial charge is 0.378 e. The number of nitrogens with zero attached hydrogens (tertiary/aromatic N) is 5. The Morgan fingerprint density at radius 3 is 2.69 bits per heavy atom. The van der Waals surface area contributed by atoms with Crippen LogP contribution in [0.5, 0.6) is 0 Å². The zero-order valence-electron chi connectivity index (χ0n) is 21.6. The van der Waals surface area contributed by atoms with E-state index in [1.165, 1.54) is 6.20 Å². The zero-order valence-corrected chi connectivity index (χ0v) is 21.6. The van der Waals surface area contributed by atoms with Gasteiger partial charge in [0.05, 0.1) is 30.8 Å². The number of morpholine rings is 1. The SMILES string of the molecule is C[C@H](Nc1nc(N)ncc1C#N)c1cc2cccc(CCC(=O)N3CCOCC3)c2c(=O)n1-c1ccccc1. The van der Waals surface area contributed by atoms with E-state index >= 15 is 0 Å². The van der Waals surface area contributed by atoms with Crippen LogP contribution in [0.3, 0.4) is 0 Å². The molecule has 0 bridgehead atoms. The minimum Gasteiger partial charge on any atom is -0.378 e. The second-order valence-electron chi connectivity index (χ2n) is 9.39. The van der Waals surface area contributed by atoms with Gasteiger partial charge in [0, 0.05) is 30.9 Å². The molecule has 10 nitrogen and oxygen atoms in total. The van der Waals surface area contributed by atoms with Crippen LogP contribution in [0.1, 0.15) is 36.2 Å². The predicted molar refractivity (Wildman–Crippen MR) is 148 cm³/mol. The van der Waals surface area contributed by atoms with Crippen LogP contribution in [0.2, 0.25) is 0 Å². The molecule has 1 fully saturated rings. The van der Waals surface area contributed by atoms with Crippen molar-refractivity contribution in [2.75, 3.05) is 37.4 Å². The van der Waals surface area contributed by atoms with Crippen molar-refractivity contribution in [1.29, 1.82) is 5.26 Å². The maximum absolute atomic E-state index is 14.2. The molecule has 1 atom stereocenters. The Balaban J connectivity index is 1.56.